The number of carbonyl (C=O) groups is 2. The monoisotopic (exact) mass is 422 g/mol. The van der Waals surface area contributed by atoms with Crippen LogP contribution in [0.5, 0.6) is 5.75 Å². The first-order valence-corrected chi connectivity index (χ1v) is 10.0. The van der Waals surface area contributed by atoms with E-state index in [1.807, 2.05) is 54.6 Å². The number of nitrogens with zero attached hydrogens (tertiary/aromatic N) is 4. The molecule has 0 N–H and O–H groups in total. The van der Waals surface area contributed by atoms with Crippen LogP contribution in [0, 0.1) is 0 Å². The number of amides is 2. The first-order valence-electron chi connectivity index (χ1n) is 9.64. The summed E-state index contributed by atoms with van der Waals surface area (Å²) in [7, 11) is 1.69. The second kappa shape index (κ2) is 7.18. The predicted octanol–water partition coefficient (Wildman–Crippen LogP) is 2.96. The Bertz CT molecular complexity index is 1140. The molecule has 2 aliphatic rings. The fourth-order valence-electron chi connectivity index (χ4n) is 3.94. The van der Waals surface area contributed by atoms with Crippen LogP contribution in [0.2, 0.25) is 5.15 Å². The Balaban J connectivity index is 1.40. The molecule has 152 valence electrons. The molecule has 0 aliphatic carbocycles. The number of anilines is 1. The third kappa shape index (κ3) is 2.93. The summed E-state index contributed by atoms with van der Waals surface area (Å²) in [6.07, 6.45) is 0. The van der Waals surface area contributed by atoms with Gasteiger partial charge in [0, 0.05) is 12.6 Å². The molecule has 5 rings (SSSR count). The lowest BCUT2D eigenvalue weighted by atomic mass is 10.2. The Morgan fingerprint density at radius 2 is 1.83 bits per heavy atom. The highest BCUT2D eigenvalue weighted by atomic mass is 35.5. The Hall–Kier alpha value is -3.32. The minimum atomic E-state index is -0.747. The van der Waals surface area contributed by atoms with Crippen LogP contribution in [0.1, 0.15) is 21.6 Å². The summed E-state index contributed by atoms with van der Waals surface area (Å²) in [5.41, 5.74) is 2.67. The van der Waals surface area contributed by atoms with Gasteiger partial charge in [0.15, 0.2) is 5.69 Å². The molecule has 2 amide bonds. The minimum Gasteiger partial charge on any atom is -0.489 e. The van der Waals surface area contributed by atoms with Crippen molar-refractivity contribution in [2.45, 2.75) is 19.1 Å². The average molecular weight is 423 g/mol. The molecule has 8 heteroatoms. The quantitative estimate of drug-likeness (QED) is 0.650. The number of hydrogen-bond acceptors (Lipinski definition) is 4. The third-order valence-electron chi connectivity index (χ3n) is 5.56. The number of rotatable bonds is 3. The van der Waals surface area contributed by atoms with E-state index in [2.05, 4.69) is 5.10 Å². The number of benzene rings is 2. The molecule has 0 spiro atoms. The molecule has 3 heterocycles. The van der Waals surface area contributed by atoms with E-state index in [9.17, 15) is 9.59 Å². The van der Waals surface area contributed by atoms with Gasteiger partial charge in [-0.05, 0) is 17.7 Å². The molecule has 1 aromatic heterocycles. The molecule has 0 unspecified atom stereocenters. The predicted molar refractivity (Wildman–Crippen MR) is 112 cm³/mol. The van der Waals surface area contributed by atoms with Gasteiger partial charge in [-0.15, -0.1) is 0 Å². The Kier molecular flexibility index (Phi) is 4.47. The van der Waals surface area contributed by atoms with Crippen LogP contribution >= 0.6 is 11.6 Å². The summed E-state index contributed by atoms with van der Waals surface area (Å²) in [6.45, 7) is 0.785. The second-order valence-electron chi connectivity index (χ2n) is 7.39. The van der Waals surface area contributed by atoms with E-state index >= 15 is 0 Å². The van der Waals surface area contributed by atoms with Crippen LogP contribution in [0.3, 0.4) is 0 Å². The SMILES string of the molecule is CN1C(=O)[C@@H](N2Cc3c(nn(Cc4ccccc4)c3Cl)C2=O)COc2ccccc21. The largest absolute Gasteiger partial charge is 0.489 e. The summed E-state index contributed by atoms with van der Waals surface area (Å²) in [4.78, 5) is 29.3. The lowest BCUT2D eigenvalue weighted by Crippen LogP contribution is -2.49. The molecule has 0 radical (unpaired) electrons. The van der Waals surface area contributed by atoms with Gasteiger partial charge in [-0.2, -0.15) is 5.10 Å². The van der Waals surface area contributed by atoms with Gasteiger partial charge < -0.3 is 14.5 Å². The molecule has 0 bridgehead atoms. The number of aromatic nitrogens is 2. The number of carbonyl (C=O) groups excluding carboxylic acids is 2. The molecule has 2 aliphatic heterocycles. The van der Waals surface area contributed by atoms with E-state index in [0.29, 0.717) is 34.4 Å². The molecule has 1 atom stereocenters. The fourth-order valence-corrected chi connectivity index (χ4v) is 4.19. The van der Waals surface area contributed by atoms with Crippen molar-refractivity contribution in [3.8, 4) is 5.75 Å². The van der Waals surface area contributed by atoms with Gasteiger partial charge >= 0.3 is 0 Å². The van der Waals surface area contributed by atoms with E-state index in [0.717, 1.165) is 5.56 Å². The van der Waals surface area contributed by atoms with Crippen molar-refractivity contribution < 1.29 is 14.3 Å². The first kappa shape index (κ1) is 18.7. The van der Waals surface area contributed by atoms with Gasteiger partial charge in [0.25, 0.3) is 11.8 Å². The number of fused-ring (bicyclic) bond motifs is 2. The van der Waals surface area contributed by atoms with Crippen molar-refractivity contribution in [2.24, 2.45) is 0 Å². The van der Waals surface area contributed by atoms with E-state index in [1.54, 1.807) is 11.7 Å². The van der Waals surface area contributed by atoms with Gasteiger partial charge in [-0.3, -0.25) is 9.59 Å². The Morgan fingerprint density at radius 3 is 2.60 bits per heavy atom. The van der Waals surface area contributed by atoms with Crippen molar-refractivity contribution in [1.82, 2.24) is 14.7 Å². The molecule has 7 nitrogen and oxygen atoms in total. The highest BCUT2D eigenvalue weighted by Crippen LogP contribution is 2.35. The number of likely N-dealkylation sites (N-methyl/N-ethyl adjacent to an activating group) is 1. The molecule has 0 fully saturated rings. The molecule has 2 aromatic carbocycles. The summed E-state index contributed by atoms with van der Waals surface area (Å²) in [5.74, 6) is 0.109. The smallest absolute Gasteiger partial charge is 0.275 e. The van der Waals surface area contributed by atoms with Crippen LogP contribution in [-0.2, 0) is 17.9 Å². The van der Waals surface area contributed by atoms with E-state index in [-0.39, 0.29) is 25.0 Å². The third-order valence-corrected chi connectivity index (χ3v) is 5.99. The van der Waals surface area contributed by atoms with Crippen molar-refractivity contribution in [2.75, 3.05) is 18.6 Å². The molecule has 30 heavy (non-hydrogen) atoms. The zero-order chi connectivity index (χ0) is 20.8. The summed E-state index contributed by atoms with van der Waals surface area (Å²) in [5, 5.41) is 4.87. The van der Waals surface area contributed by atoms with Crippen LogP contribution in [0.4, 0.5) is 5.69 Å². The normalized spacial score (nSPS) is 18.1. The van der Waals surface area contributed by atoms with Gasteiger partial charge in [-0.25, -0.2) is 4.68 Å². The zero-order valence-electron chi connectivity index (χ0n) is 16.3. The van der Waals surface area contributed by atoms with Crippen molar-refractivity contribution >= 4 is 29.1 Å². The second-order valence-corrected chi connectivity index (χ2v) is 7.74. The maximum atomic E-state index is 13.1. The van der Waals surface area contributed by atoms with Gasteiger partial charge in [0.05, 0.1) is 18.8 Å². The fraction of sp³-hybridized carbons (Fsp3) is 0.227. The highest BCUT2D eigenvalue weighted by molar-refractivity contribution is 6.31. The maximum absolute atomic E-state index is 13.1. The number of ether oxygens (including phenoxy) is 1. The van der Waals surface area contributed by atoms with Gasteiger partial charge in [-0.1, -0.05) is 54.1 Å². The average Bonchev–Trinajstić information content (AvgIpc) is 3.20. The van der Waals surface area contributed by atoms with Crippen LogP contribution in [0.25, 0.3) is 0 Å². The highest BCUT2D eigenvalue weighted by Gasteiger charge is 2.43. The Morgan fingerprint density at radius 1 is 1.10 bits per heavy atom. The summed E-state index contributed by atoms with van der Waals surface area (Å²) >= 11 is 6.55. The minimum absolute atomic E-state index is 0.0812. The Labute approximate surface area is 178 Å². The summed E-state index contributed by atoms with van der Waals surface area (Å²) in [6, 6.07) is 16.4. The van der Waals surface area contributed by atoms with E-state index < -0.39 is 6.04 Å². The van der Waals surface area contributed by atoms with Crippen LogP contribution in [0.15, 0.2) is 54.6 Å². The van der Waals surface area contributed by atoms with Gasteiger partial charge in [0.2, 0.25) is 0 Å². The van der Waals surface area contributed by atoms with Crippen LogP contribution < -0.4 is 9.64 Å². The molecule has 0 saturated heterocycles. The topological polar surface area (TPSA) is 67.7 Å². The molecular weight excluding hydrogens is 404 g/mol. The van der Waals surface area contributed by atoms with Crippen molar-refractivity contribution in [1.29, 1.82) is 0 Å². The van der Waals surface area contributed by atoms with Gasteiger partial charge in [0.1, 0.15) is 23.6 Å². The number of halogens is 1. The molecule has 0 saturated carbocycles. The summed E-state index contributed by atoms with van der Waals surface area (Å²) < 4.78 is 7.49. The lowest BCUT2D eigenvalue weighted by Gasteiger charge is -2.27. The van der Waals surface area contributed by atoms with E-state index in [4.69, 9.17) is 16.3 Å². The van der Waals surface area contributed by atoms with Crippen molar-refractivity contribution in [3.05, 3.63) is 76.6 Å². The van der Waals surface area contributed by atoms with Crippen molar-refractivity contribution in [3.63, 3.8) is 0 Å². The number of para-hydroxylation sites is 2. The number of hydrogen-bond donors (Lipinski definition) is 0. The molecular formula is C22H19ClN4O3. The first-order chi connectivity index (χ1) is 14.5. The standard InChI is InChI=1S/C22H19ClN4O3/c1-25-16-9-5-6-10-18(16)30-13-17(21(25)28)26-12-15-19(22(26)29)24-27(20(15)23)11-14-7-3-2-4-8-14/h2-10,17H,11-13H2,1H3/t17-/m0/s1. The zero-order valence-corrected chi connectivity index (χ0v) is 17.0. The lowest BCUT2D eigenvalue weighted by molar-refractivity contribution is -0.123. The van der Waals surface area contributed by atoms with E-state index in [1.165, 1.54) is 9.80 Å². The maximum Gasteiger partial charge on any atom is 0.275 e. The van der Waals surface area contributed by atoms with Crippen LogP contribution in [-0.4, -0.2) is 46.2 Å². The molecule has 3 aromatic rings.